The summed E-state index contributed by atoms with van der Waals surface area (Å²) in [5, 5.41) is 1.46. The van der Waals surface area contributed by atoms with Crippen LogP contribution in [0.1, 0.15) is 50.5 Å². The maximum Gasteiger partial charge on any atom is 0.345 e. The largest absolute Gasteiger partial charge is 0.345 e. The molecule has 2 saturated heterocycles. The first-order valence-corrected chi connectivity index (χ1v) is 10.9. The average Bonchev–Trinajstić information content (AvgIpc) is 3.21. The van der Waals surface area contributed by atoms with E-state index in [1.807, 2.05) is 30.3 Å². The van der Waals surface area contributed by atoms with Gasteiger partial charge in [0.15, 0.2) is 0 Å². The quantitative estimate of drug-likeness (QED) is 0.747. The van der Waals surface area contributed by atoms with E-state index in [1.54, 1.807) is 4.90 Å². The van der Waals surface area contributed by atoms with Gasteiger partial charge in [-0.3, -0.25) is 14.5 Å². The van der Waals surface area contributed by atoms with Gasteiger partial charge in [0, 0.05) is 6.54 Å². The Bertz CT molecular complexity index is 746. The van der Waals surface area contributed by atoms with Crippen LogP contribution in [0.3, 0.4) is 0 Å². The monoisotopic (exact) mass is 399 g/mol. The summed E-state index contributed by atoms with van der Waals surface area (Å²) in [5.41, 5.74) is 3.69. The predicted molar refractivity (Wildman–Crippen MR) is 105 cm³/mol. The fourth-order valence-electron chi connectivity index (χ4n) is 5.54. The Morgan fingerprint density at radius 2 is 1.79 bits per heavy atom. The van der Waals surface area contributed by atoms with Crippen LogP contribution in [0, 0.1) is 11.8 Å². The number of carbonyl (C=O) groups is 2. The molecule has 2 saturated carbocycles. The molecule has 2 heterocycles. The first-order chi connectivity index (χ1) is 14.2. The zero-order valence-corrected chi connectivity index (χ0v) is 16.7. The highest BCUT2D eigenvalue weighted by Gasteiger charge is 2.48. The van der Waals surface area contributed by atoms with Crippen molar-refractivity contribution in [3.63, 3.8) is 0 Å². The SMILES string of the molecule is O=C(NOC1CC2CCC(C2)C1)[C@@H]1CC[C@H]2CN1C(=O)N2OCc1ccccc1. The second-order valence-electron chi connectivity index (χ2n) is 8.99. The van der Waals surface area contributed by atoms with Gasteiger partial charge >= 0.3 is 6.03 Å². The van der Waals surface area contributed by atoms with Crippen LogP contribution in [0.2, 0.25) is 0 Å². The number of amides is 3. The molecule has 5 rings (SSSR count). The Balaban J connectivity index is 1.14. The predicted octanol–water partition coefficient (Wildman–Crippen LogP) is 3.01. The second-order valence-corrected chi connectivity index (χ2v) is 8.99. The van der Waals surface area contributed by atoms with Crippen LogP contribution in [0.4, 0.5) is 4.79 Å². The van der Waals surface area contributed by atoms with Crippen LogP contribution in [-0.4, -0.2) is 46.6 Å². The number of fused-ring (bicyclic) bond motifs is 4. The molecule has 4 fully saturated rings. The van der Waals surface area contributed by atoms with E-state index in [-0.39, 0.29) is 24.1 Å². The highest BCUT2D eigenvalue weighted by Crippen LogP contribution is 2.42. The highest BCUT2D eigenvalue weighted by molar-refractivity contribution is 5.88. The molecule has 0 aromatic heterocycles. The van der Waals surface area contributed by atoms with Crippen LogP contribution >= 0.6 is 0 Å². The molecule has 7 nitrogen and oxygen atoms in total. The number of hydrogen-bond donors (Lipinski definition) is 1. The number of urea groups is 1. The first-order valence-electron chi connectivity index (χ1n) is 10.9. The molecular formula is C22H29N3O4. The van der Waals surface area contributed by atoms with E-state index in [2.05, 4.69) is 5.48 Å². The lowest BCUT2D eigenvalue weighted by Crippen LogP contribution is -2.50. The minimum absolute atomic E-state index is 0.00477. The number of piperidine rings is 1. The fraction of sp³-hybridized carbons (Fsp3) is 0.636. The van der Waals surface area contributed by atoms with Gasteiger partial charge in [0.05, 0.1) is 12.1 Å². The molecule has 3 amide bonds. The molecule has 0 radical (unpaired) electrons. The van der Waals surface area contributed by atoms with E-state index < -0.39 is 6.04 Å². The van der Waals surface area contributed by atoms with Crippen molar-refractivity contribution in [3.05, 3.63) is 35.9 Å². The summed E-state index contributed by atoms with van der Waals surface area (Å²) in [4.78, 5) is 38.8. The van der Waals surface area contributed by atoms with Gasteiger partial charge < -0.3 is 4.90 Å². The van der Waals surface area contributed by atoms with Crippen molar-refractivity contribution in [2.75, 3.05) is 6.54 Å². The summed E-state index contributed by atoms with van der Waals surface area (Å²) >= 11 is 0. The van der Waals surface area contributed by atoms with Crippen molar-refractivity contribution in [1.82, 2.24) is 15.4 Å². The van der Waals surface area contributed by atoms with Crippen molar-refractivity contribution in [3.8, 4) is 0 Å². The number of hydroxylamine groups is 3. The lowest BCUT2D eigenvalue weighted by atomic mass is 9.87. The van der Waals surface area contributed by atoms with Crippen LogP contribution < -0.4 is 5.48 Å². The first kappa shape index (κ1) is 18.9. The Morgan fingerprint density at radius 1 is 1.03 bits per heavy atom. The second kappa shape index (κ2) is 7.95. The van der Waals surface area contributed by atoms with Crippen molar-refractivity contribution < 1.29 is 19.3 Å². The molecule has 4 bridgehead atoms. The van der Waals surface area contributed by atoms with E-state index in [0.717, 1.165) is 36.7 Å². The van der Waals surface area contributed by atoms with Gasteiger partial charge in [-0.2, -0.15) is 5.06 Å². The van der Waals surface area contributed by atoms with Gasteiger partial charge in [-0.25, -0.2) is 10.3 Å². The normalized spacial score (nSPS) is 33.2. The number of nitrogens with one attached hydrogen (secondary N) is 1. The maximum atomic E-state index is 12.8. The van der Waals surface area contributed by atoms with Crippen LogP contribution in [-0.2, 0) is 21.1 Å². The lowest BCUT2D eigenvalue weighted by molar-refractivity contribution is -0.146. The summed E-state index contributed by atoms with van der Waals surface area (Å²) < 4.78 is 0. The zero-order valence-electron chi connectivity index (χ0n) is 16.7. The molecule has 2 aliphatic heterocycles. The van der Waals surface area contributed by atoms with Gasteiger partial charge in [0.25, 0.3) is 5.91 Å². The minimum atomic E-state index is -0.482. The lowest BCUT2D eigenvalue weighted by Gasteiger charge is -2.31. The third kappa shape index (κ3) is 3.85. The molecule has 156 valence electrons. The molecular weight excluding hydrogens is 370 g/mol. The topological polar surface area (TPSA) is 71.1 Å². The molecule has 2 unspecified atom stereocenters. The van der Waals surface area contributed by atoms with Gasteiger partial charge in [-0.15, -0.1) is 0 Å². The van der Waals surface area contributed by atoms with Crippen LogP contribution in [0.25, 0.3) is 0 Å². The standard InChI is InChI=1S/C22H29N3O4/c26-21(23-29-19-11-16-6-7-17(10-16)12-19)20-9-8-18-13-24(20)22(27)25(18)28-14-15-4-2-1-3-5-15/h1-5,16-20H,6-14H2,(H,23,26)/t16?,17?,18-,19?,20-/m0/s1. The Kier molecular flexibility index (Phi) is 5.18. The molecule has 4 aliphatic rings. The van der Waals surface area contributed by atoms with Gasteiger partial charge in [-0.1, -0.05) is 43.2 Å². The maximum absolute atomic E-state index is 12.8. The summed E-state index contributed by atoms with van der Waals surface area (Å²) in [6.07, 6.45) is 7.48. The molecule has 2 aliphatic carbocycles. The van der Waals surface area contributed by atoms with Crippen LogP contribution in [0.5, 0.6) is 0 Å². The summed E-state index contributed by atoms with van der Waals surface area (Å²) in [6.45, 7) is 0.875. The van der Waals surface area contributed by atoms with Gasteiger partial charge in [0.1, 0.15) is 12.6 Å². The van der Waals surface area contributed by atoms with E-state index in [0.29, 0.717) is 19.6 Å². The van der Waals surface area contributed by atoms with E-state index >= 15 is 0 Å². The van der Waals surface area contributed by atoms with E-state index in [9.17, 15) is 9.59 Å². The highest BCUT2D eigenvalue weighted by atomic mass is 16.7. The summed E-state index contributed by atoms with van der Waals surface area (Å²) in [5.74, 6) is 1.29. The summed E-state index contributed by atoms with van der Waals surface area (Å²) in [6, 6.07) is 9.09. The molecule has 29 heavy (non-hydrogen) atoms. The summed E-state index contributed by atoms with van der Waals surface area (Å²) in [7, 11) is 0. The third-order valence-electron chi connectivity index (χ3n) is 7.01. The zero-order chi connectivity index (χ0) is 19.8. The molecule has 4 atom stereocenters. The van der Waals surface area contributed by atoms with Crippen molar-refractivity contribution in [1.29, 1.82) is 0 Å². The Hall–Kier alpha value is -2.12. The van der Waals surface area contributed by atoms with Crippen molar-refractivity contribution >= 4 is 11.9 Å². The average molecular weight is 399 g/mol. The third-order valence-corrected chi connectivity index (χ3v) is 7.01. The minimum Gasteiger partial charge on any atom is -0.309 e. The fourth-order valence-corrected chi connectivity index (χ4v) is 5.54. The number of nitrogens with zero attached hydrogens (tertiary/aromatic N) is 2. The molecule has 1 aromatic rings. The number of hydrogen-bond acceptors (Lipinski definition) is 4. The van der Waals surface area contributed by atoms with Crippen molar-refractivity contribution in [2.24, 2.45) is 11.8 Å². The molecule has 1 aromatic carbocycles. The van der Waals surface area contributed by atoms with E-state index in [1.165, 1.54) is 24.3 Å². The van der Waals surface area contributed by atoms with Crippen molar-refractivity contribution in [2.45, 2.75) is 69.7 Å². The number of rotatable bonds is 6. The molecule has 1 N–H and O–H groups in total. The van der Waals surface area contributed by atoms with Gasteiger partial charge in [-0.05, 0) is 49.5 Å². The van der Waals surface area contributed by atoms with E-state index in [4.69, 9.17) is 9.68 Å². The smallest absolute Gasteiger partial charge is 0.309 e. The number of carbonyl (C=O) groups excluding carboxylic acids is 2. The van der Waals surface area contributed by atoms with Crippen LogP contribution in [0.15, 0.2) is 30.3 Å². The Labute approximate surface area is 171 Å². The Morgan fingerprint density at radius 3 is 2.55 bits per heavy atom. The molecule has 0 spiro atoms. The van der Waals surface area contributed by atoms with Gasteiger partial charge in [0.2, 0.25) is 0 Å². The molecule has 7 heteroatoms. The number of benzene rings is 1.